The van der Waals surface area contributed by atoms with Crippen LogP contribution >= 0.6 is 0 Å². The summed E-state index contributed by atoms with van der Waals surface area (Å²) in [5.41, 5.74) is 2.86. The number of hydrogen-bond donors (Lipinski definition) is 2. The molecule has 0 aliphatic heterocycles. The van der Waals surface area contributed by atoms with Crippen molar-refractivity contribution < 1.29 is 4.74 Å². The molecule has 0 radical (unpaired) electrons. The number of methoxy groups -OCH3 is 1. The lowest BCUT2D eigenvalue weighted by atomic mass is 10.0. The van der Waals surface area contributed by atoms with Crippen LogP contribution in [-0.2, 0) is 18.2 Å². The molecule has 0 spiro atoms. The van der Waals surface area contributed by atoms with Crippen molar-refractivity contribution in [3.8, 4) is 0 Å². The Bertz CT molecular complexity index is 313. The van der Waals surface area contributed by atoms with E-state index in [1.807, 2.05) is 24.0 Å². The highest BCUT2D eigenvalue weighted by Crippen LogP contribution is 2.11. The van der Waals surface area contributed by atoms with Crippen molar-refractivity contribution in [3.63, 3.8) is 0 Å². The molecular weight excluding hydrogens is 216 g/mol. The summed E-state index contributed by atoms with van der Waals surface area (Å²) in [6, 6.07) is 0.177. The number of aromatic nitrogens is 2. The topological polar surface area (TPSA) is 65.1 Å². The normalized spacial score (nSPS) is 14.8. The summed E-state index contributed by atoms with van der Waals surface area (Å²) in [5.74, 6) is 6.68. The first-order chi connectivity index (χ1) is 8.22. The highest BCUT2D eigenvalue weighted by molar-refractivity contribution is 4.92. The number of hydrazine groups is 1. The molecule has 0 amide bonds. The molecule has 0 fully saturated rings. The first kappa shape index (κ1) is 14.2. The number of ether oxygens (including phenoxy) is 1. The Kier molecular flexibility index (Phi) is 6.18. The van der Waals surface area contributed by atoms with Crippen molar-refractivity contribution >= 4 is 0 Å². The van der Waals surface area contributed by atoms with Crippen molar-refractivity contribution in [3.05, 3.63) is 18.2 Å². The third kappa shape index (κ3) is 4.11. The maximum absolute atomic E-state index is 5.60. The lowest BCUT2D eigenvalue weighted by Gasteiger charge is -2.25. The van der Waals surface area contributed by atoms with Crippen LogP contribution in [0.2, 0.25) is 0 Å². The van der Waals surface area contributed by atoms with Crippen LogP contribution in [0.5, 0.6) is 0 Å². The summed E-state index contributed by atoms with van der Waals surface area (Å²) in [7, 11) is 3.75. The van der Waals surface area contributed by atoms with Crippen molar-refractivity contribution in [2.24, 2.45) is 12.9 Å². The molecule has 0 aromatic carbocycles. The Morgan fingerprint density at radius 1 is 1.53 bits per heavy atom. The molecular formula is C12H24N4O. The van der Waals surface area contributed by atoms with Gasteiger partial charge in [0.05, 0.1) is 6.10 Å². The fraction of sp³-hybridized carbons (Fsp3) is 0.750. The first-order valence-electron chi connectivity index (χ1n) is 6.18. The molecule has 1 heterocycles. The predicted octanol–water partition coefficient (Wildman–Crippen LogP) is 1.000. The molecule has 1 aromatic heterocycles. The largest absolute Gasteiger partial charge is 0.380 e. The van der Waals surface area contributed by atoms with E-state index in [-0.39, 0.29) is 12.1 Å². The Labute approximate surface area is 103 Å². The van der Waals surface area contributed by atoms with E-state index in [2.05, 4.69) is 17.3 Å². The summed E-state index contributed by atoms with van der Waals surface area (Å²) in [6.45, 7) is 2.15. The van der Waals surface area contributed by atoms with Gasteiger partial charge in [0.15, 0.2) is 0 Å². The number of nitrogens with one attached hydrogen (secondary N) is 1. The Hall–Kier alpha value is -0.910. The van der Waals surface area contributed by atoms with Crippen LogP contribution in [0.25, 0.3) is 0 Å². The highest BCUT2D eigenvalue weighted by atomic mass is 16.5. The Morgan fingerprint density at radius 3 is 2.76 bits per heavy atom. The van der Waals surface area contributed by atoms with Gasteiger partial charge in [-0.05, 0) is 12.8 Å². The highest BCUT2D eigenvalue weighted by Gasteiger charge is 2.19. The van der Waals surface area contributed by atoms with Crippen LogP contribution in [0.15, 0.2) is 12.4 Å². The van der Waals surface area contributed by atoms with Crippen LogP contribution in [0.3, 0.4) is 0 Å². The summed E-state index contributed by atoms with van der Waals surface area (Å²) in [6.07, 6.45) is 7.90. The second-order valence-corrected chi connectivity index (χ2v) is 4.33. The zero-order valence-electron chi connectivity index (χ0n) is 11.0. The summed E-state index contributed by atoms with van der Waals surface area (Å²) in [4.78, 5) is 4.31. The summed E-state index contributed by atoms with van der Waals surface area (Å²) in [5, 5.41) is 0. The molecule has 0 aliphatic carbocycles. The fourth-order valence-corrected chi connectivity index (χ4v) is 2.07. The van der Waals surface area contributed by atoms with E-state index in [9.17, 15) is 0 Å². The molecule has 3 N–H and O–H groups in total. The van der Waals surface area contributed by atoms with Crippen molar-refractivity contribution in [2.75, 3.05) is 7.11 Å². The maximum atomic E-state index is 5.60. The van der Waals surface area contributed by atoms with Gasteiger partial charge in [0.1, 0.15) is 5.82 Å². The number of aryl methyl sites for hydroxylation is 2. The van der Waals surface area contributed by atoms with E-state index in [0.29, 0.717) is 0 Å². The minimum absolute atomic E-state index is 0.172. The molecule has 0 aliphatic rings. The van der Waals surface area contributed by atoms with Crippen molar-refractivity contribution in [1.29, 1.82) is 0 Å². The zero-order chi connectivity index (χ0) is 12.7. The smallest absolute Gasteiger partial charge is 0.108 e. The van der Waals surface area contributed by atoms with Crippen LogP contribution in [-0.4, -0.2) is 28.8 Å². The molecule has 1 aromatic rings. The molecule has 5 nitrogen and oxygen atoms in total. The monoisotopic (exact) mass is 240 g/mol. The molecule has 5 heteroatoms. The fourth-order valence-electron chi connectivity index (χ4n) is 2.07. The van der Waals surface area contributed by atoms with Gasteiger partial charge in [-0.3, -0.25) is 11.3 Å². The molecule has 2 unspecified atom stereocenters. The van der Waals surface area contributed by atoms with E-state index in [4.69, 9.17) is 10.6 Å². The van der Waals surface area contributed by atoms with Gasteiger partial charge in [0.2, 0.25) is 0 Å². The second-order valence-electron chi connectivity index (χ2n) is 4.33. The van der Waals surface area contributed by atoms with Crippen LogP contribution in [0.4, 0.5) is 0 Å². The number of nitrogens with zero attached hydrogens (tertiary/aromatic N) is 2. The molecule has 0 bridgehead atoms. The van der Waals surface area contributed by atoms with E-state index in [0.717, 1.165) is 31.5 Å². The van der Waals surface area contributed by atoms with Gasteiger partial charge in [0, 0.05) is 39.0 Å². The first-order valence-corrected chi connectivity index (χ1v) is 6.18. The number of imidazole rings is 1. The van der Waals surface area contributed by atoms with Crippen LogP contribution in [0.1, 0.15) is 32.0 Å². The third-order valence-electron chi connectivity index (χ3n) is 3.14. The van der Waals surface area contributed by atoms with Crippen molar-refractivity contribution in [1.82, 2.24) is 15.0 Å². The molecule has 0 saturated carbocycles. The van der Waals surface area contributed by atoms with Gasteiger partial charge in [-0.15, -0.1) is 0 Å². The van der Waals surface area contributed by atoms with E-state index in [1.165, 1.54) is 0 Å². The molecule has 1 rings (SSSR count). The van der Waals surface area contributed by atoms with Gasteiger partial charge in [-0.25, -0.2) is 4.98 Å². The average Bonchev–Trinajstić information content (AvgIpc) is 2.74. The number of rotatable bonds is 8. The summed E-state index contributed by atoms with van der Waals surface area (Å²) >= 11 is 0. The molecule has 2 atom stereocenters. The Balaban J connectivity index is 2.49. The molecule has 0 saturated heterocycles. The van der Waals surface area contributed by atoms with E-state index in [1.54, 1.807) is 7.11 Å². The van der Waals surface area contributed by atoms with Crippen molar-refractivity contribution in [2.45, 2.75) is 44.8 Å². The summed E-state index contributed by atoms with van der Waals surface area (Å²) < 4.78 is 7.51. The predicted molar refractivity (Wildman–Crippen MR) is 68.3 cm³/mol. The average molecular weight is 240 g/mol. The third-order valence-corrected chi connectivity index (χ3v) is 3.14. The lowest BCUT2D eigenvalue weighted by Crippen LogP contribution is -2.45. The zero-order valence-corrected chi connectivity index (χ0v) is 11.0. The molecule has 17 heavy (non-hydrogen) atoms. The Morgan fingerprint density at radius 2 is 2.29 bits per heavy atom. The van der Waals surface area contributed by atoms with E-state index < -0.39 is 0 Å². The standard InChI is InChI=1S/C12H24N4O/c1-4-5-11(17-3)10(15-13)6-7-12-14-8-9-16(12)2/h8-11,15H,4-7,13H2,1-3H3. The maximum Gasteiger partial charge on any atom is 0.108 e. The van der Waals surface area contributed by atoms with Gasteiger partial charge in [0.25, 0.3) is 0 Å². The van der Waals surface area contributed by atoms with Gasteiger partial charge in [-0.2, -0.15) is 0 Å². The minimum Gasteiger partial charge on any atom is -0.380 e. The SMILES string of the molecule is CCCC(OC)C(CCc1nccn1C)NN. The van der Waals surface area contributed by atoms with E-state index >= 15 is 0 Å². The lowest BCUT2D eigenvalue weighted by molar-refractivity contribution is 0.0580. The number of nitrogens with two attached hydrogens (primary N) is 1. The van der Waals surface area contributed by atoms with Gasteiger partial charge >= 0.3 is 0 Å². The minimum atomic E-state index is 0.172. The quantitative estimate of drug-likeness (QED) is 0.525. The van der Waals surface area contributed by atoms with Gasteiger partial charge in [-0.1, -0.05) is 13.3 Å². The van der Waals surface area contributed by atoms with Crippen LogP contribution < -0.4 is 11.3 Å². The number of hydrogen-bond acceptors (Lipinski definition) is 4. The van der Waals surface area contributed by atoms with Gasteiger partial charge < -0.3 is 9.30 Å². The second kappa shape index (κ2) is 7.42. The molecule has 98 valence electrons. The van der Waals surface area contributed by atoms with Crippen LogP contribution in [0, 0.1) is 0 Å².